The molecule has 5 heteroatoms. The summed E-state index contributed by atoms with van der Waals surface area (Å²) >= 11 is 0. The molecule has 1 unspecified atom stereocenters. The van der Waals surface area contributed by atoms with Crippen LogP contribution in [0.15, 0.2) is 42.5 Å². The number of hydrogen-bond acceptors (Lipinski definition) is 2. The second-order valence-electron chi connectivity index (χ2n) is 6.47. The number of aryl methyl sites for hydroxylation is 2. The van der Waals surface area contributed by atoms with Crippen LogP contribution in [0.25, 0.3) is 0 Å². The maximum absolute atomic E-state index is 13.2. The highest BCUT2D eigenvalue weighted by Gasteiger charge is 2.33. The second-order valence-corrected chi connectivity index (χ2v) is 6.47. The van der Waals surface area contributed by atoms with E-state index in [-0.39, 0.29) is 24.1 Å². The van der Waals surface area contributed by atoms with E-state index < -0.39 is 6.04 Å². The molecule has 1 aliphatic rings. The molecule has 4 nitrogen and oxygen atoms in total. The summed E-state index contributed by atoms with van der Waals surface area (Å²) in [6.45, 7) is 4.62. The Labute approximate surface area is 146 Å². The lowest BCUT2D eigenvalue weighted by atomic mass is 10.1. The van der Waals surface area contributed by atoms with Crippen molar-refractivity contribution in [3.63, 3.8) is 0 Å². The van der Waals surface area contributed by atoms with Crippen molar-refractivity contribution in [1.82, 2.24) is 5.32 Å². The van der Waals surface area contributed by atoms with Gasteiger partial charge in [0.25, 0.3) is 0 Å². The predicted molar refractivity (Wildman–Crippen MR) is 94.9 cm³/mol. The van der Waals surface area contributed by atoms with Gasteiger partial charge in [-0.3, -0.25) is 9.59 Å². The third-order valence-corrected chi connectivity index (χ3v) is 4.60. The fourth-order valence-corrected chi connectivity index (χ4v) is 3.04. The van der Waals surface area contributed by atoms with Gasteiger partial charge in [0, 0.05) is 12.2 Å². The molecule has 1 fully saturated rings. The Kier molecular flexibility index (Phi) is 4.83. The van der Waals surface area contributed by atoms with Crippen molar-refractivity contribution in [3.8, 4) is 0 Å². The number of nitrogens with one attached hydrogen (secondary N) is 1. The van der Waals surface area contributed by atoms with Crippen LogP contribution in [0.5, 0.6) is 0 Å². The minimum atomic E-state index is -0.525. The van der Waals surface area contributed by atoms with Crippen LogP contribution in [0.1, 0.15) is 23.1 Å². The van der Waals surface area contributed by atoms with Crippen LogP contribution >= 0.6 is 0 Å². The van der Waals surface area contributed by atoms with Gasteiger partial charge in [0.2, 0.25) is 11.8 Å². The van der Waals surface area contributed by atoms with Gasteiger partial charge in [-0.15, -0.1) is 0 Å². The van der Waals surface area contributed by atoms with Gasteiger partial charge in [0.1, 0.15) is 11.9 Å². The molecule has 2 amide bonds. The van der Waals surface area contributed by atoms with E-state index in [1.807, 2.05) is 32.0 Å². The van der Waals surface area contributed by atoms with Gasteiger partial charge in [-0.25, -0.2) is 4.39 Å². The molecule has 2 aromatic carbocycles. The Hall–Kier alpha value is -2.69. The molecule has 130 valence electrons. The van der Waals surface area contributed by atoms with Crippen molar-refractivity contribution < 1.29 is 14.0 Å². The third-order valence-electron chi connectivity index (χ3n) is 4.60. The van der Waals surface area contributed by atoms with Gasteiger partial charge in [-0.05, 0) is 61.2 Å². The number of benzene rings is 2. The number of nitrogens with zero attached hydrogens (tertiary/aromatic N) is 1. The maximum Gasteiger partial charge on any atom is 0.249 e. The first-order valence-corrected chi connectivity index (χ1v) is 8.36. The highest BCUT2D eigenvalue weighted by Crippen LogP contribution is 2.24. The summed E-state index contributed by atoms with van der Waals surface area (Å²) in [6.07, 6.45) is 0.631. The number of rotatable bonds is 4. The van der Waals surface area contributed by atoms with Gasteiger partial charge in [0.05, 0.1) is 6.42 Å². The Morgan fingerprint density at radius 1 is 1.20 bits per heavy atom. The molecule has 0 radical (unpaired) electrons. The maximum atomic E-state index is 13.2. The van der Waals surface area contributed by atoms with Crippen molar-refractivity contribution in [3.05, 3.63) is 65.0 Å². The molecule has 1 saturated heterocycles. The molecule has 0 aliphatic carbocycles. The van der Waals surface area contributed by atoms with Gasteiger partial charge in [-0.1, -0.05) is 18.2 Å². The zero-order valence-corrected chi connectivity index (χ0v) is 14.4. The summed E-state index contributed by atoms with van der Waals surface area (Å²) in [5, 5.41) is 2.77. The van der Waals surface area contributed by atoms with E-state index in [0.29, 0.717) is 18.5 Å². The van der Waals surface area contributed by atoms with Crippen LogP contribution in [0.3, 0.4) is 0 Å². The van der Waals surface area contributed by atoms with E-state index >= 15 is 0 Å². The quantitative estimate of drug-likeness (QED) is 0.930. The smallest absolute Gasteiger partial charge is 0.249 e. The van der Waals surface area contributed by atoms with Crippen molar-refractivity contribution in [2.24, 2.45) is 0 Å². The van der Waals surface area contributed by atoms with E-state index in [1.54, 1.807) is 17.0 Å². The number of hydrogen-bond donors (Lipinski definition) is 1. The summed E-state index contributed by atoms with van der Waals surface area (Å²) in [6, 6.07) is 11.3. The number of halogens is 1. The molecule has 0 saturated carbocycles. The summed E-state index contributed by atoms with van der Waals surface area (Å²) < 4.78 is 13.2. The first-order valence-electron chi connectivity index (χ1n) is 8.36. The van der Waals surface area contributed by atoms with E-state index in [9.17, 15) is 14.0 Å². The predicted octanol–water partition coefficient (Wildman–Crippen LogP) is 2.91. The molecule has 1 N–H and O–H groups in total. The SMILES string of the molecule is Cc1ccc(N2CCC(NC(=O)Cc3cccc(F)c3)C2=O)cc1C. The van der Waals surface area contributed by atoms with Crippen LogP contribution < -0.4 is 10.2 Å². The lowest BCUT2D eigenvalue weighted by Gasteiger charge is -2.18. The van der Waals surface area contributed by atoms with Crippen molar-refractivity contribution in [2.75, 3.05) is 11.4 Å². The molecule has 25 heavy (non-hydrogen) atoms. The zero-order chi connectivity index (χ0) is 18.0. The molecule has 1 atom stereocenters. The van der Waals surface area contributed by atoms with Gasteiger partial charge in [0.15, 0.2) is 0 Å². The highest BCUT2D eigenvalue weighted by molar-refractivity contribution is 6.01. The molecule has 0 spiro atoms. The minimum Gasteiger partial charge on any atom is -0.344 e. The topological polar surface area (TPSA) is 49.4 Å². The number of carbonyl (C=O) groups excluding carboxylic acids is 2. The van der Waals surface area contributed by atoms with Gasteiger partial charge < -0.3 is 10.2 Å². The van der Waals surface area contributed by atoms with Crippen LogP contribution in [0.2, 0.25) is 0 Å². The lowest BCUT2D eigenvalue weighted by Crippen LogP contribution is -2.42. The Morgan fingerprint density at radius 2 is 2.00 bits per heavy atom. The van der Waals surface area contributed by atoms with Crippen LogP contribution in [0.4, 0.5) is 10.1 Å². The largest absolute Gasteiger partial charge is 0.344 e. The zero-order valence-electron chi connectivity index (χ0n) is 14.4. The molecule has 1 aliphatic heterocycles. The fourth-order valence-electron chi connectivity index (χ4n) is 3.04. The summed E-state index contributed by atoms with van der Waals surface area (Å²) in [5.41, 5.74) is 3.75. The van der Waals surface area contributed by atoms with Crippen LogP contribution in [-0.4, -0.2) is 24.4 Å². The fraction of sp³-hybridized carbons (Fsp3) is 0.300. The molecule has 1 heterocycles. The normalized spacial score (nSPS) is 17.0. The Morgan fingerprint density at radius 3 is 2.72 bits per heavy atom. The first kappa shape index (κ1) is 17.1. The third kappa shape index (κ3) is 3.87. The second kappa shape index (κ2) is 7.05. The standard InChI is InChI=1S/C20H21FN2O2/c1-13-6-7-17(10-14(13)2)23-9-8-18(20(23)25)22-19(24)12-15-4-3-5-16(21)11-15/h3-7,10-11,18H,8-9,12H2,1-2H3,(H,22,24). The monoisotopic (exact) mass is 340 g/mol. The van der Waals surface area contributed by atoms with Gasteiger partial charge >= 0.3 is 0 Å². The van der Waals surface area contributed by atoms with Crippen LogP contribution in [0, 0.1) is 19.7 Å². The lowest BCUT2D eigenvalue weighted by molar-refractivity contribution is -0.126. The van der Waals surface area contributed by atoms with Crippen molar-refractivity contribution >= 4 is 17.5 Å². The average molecular weight is 340 g/mol. The molecular weight excluding hydrogens is 319 g/mol. The van der Waals surface area contributed by atoms with Gasteiger partial charge in [-0.2, -0.15) is 0 Å². The Bertz CT molecular complexity index is 819. The first-order chi connectivity index (χ1) is 11.9. The van der Waals surface area contributed by atoms with E-state index in [1.165, 1.54) is 17.7 Å². The summed E-state index contributed by atoms with van der Waals surface area (Å²) in [5.74, 6) is -0.745. The van der Waals surface area contributed by atoms with Crippen molar-refractivity contribution in [1.29, 1.82) is 0 Å². The van der Waals surface area contributed by atoms with Crippen molar-refractivity contribution in [2.45, 2.75) is 32.7 Å². The average Bonchev–Trinajstić information content (AvgIpc) is 2.91. The van der Waals surface area contributed by atoms with E-state index in [2.05, 4.69) is 5.32 Å². The number of carbonyl (C=O) groups is 2. The molecule has 3 rings (SSSR count). The highest BCUT2D eigenvalue weighted by atomic mass is 19.1. The number of amides is 2. The summed E-state index contributed by atoms with van der Waals surface area (Å²) in [7, 11) is 0. The Balaban J connectivity index is 1.63. The molecule has 2 aromatic rings. The minimum absolute atomic E-state index is 0.0607. The van der Waals surface area contributed by atoms with E-state index in [0.717, 1.165) is 11.3 Å². The molecule has 0 aromatic heterocycles. The molecule has 0 bridgehead atoms. The summed E-state index contributed by atoms with van der Waals surface area (Å²) in [4.78, 5) is 26.5. The van der Waals surface area contributed by atoms with E-state index in [4.69, 9.17) is 0 Å². The molecular formula is C20H21FN2O2. The van der Waals surface area contributed by atoms with Crippen LogP contribution in [-0.2, 0) is 16.0 Å². The number of anilines is 1.